The Hall–Kier alpha value is -1.28. The topological polar surface area (TPSA) is 67.8 Å². The average Bonchev–Trinajstić information content (AvgIpc) is 2.74. The minimum absolute atomic E-state index is 0.0133. The van der Waals surface area contributed by atoms with E-state index in [1.807, 2.05) is 24.3 Å². The fourth-order valence-electron chi connectivity index (χ4n) is 3.72. The van der Waals surface area contributed by atoms with Crippen LogP contribution in [0.15, 0.2) is 47.4 Å². The second-order valence-electron chi connectivity index (χ2n) is 8.00. The number of rotatable bonds is 14. The quantitative estimate of drug-likeness (QED) is 0.221. The number of benzene rings is 2. The summed E-state index contributed by atoms with van der Waals surface area (Å²) in [5, 5.41) is 3.17. The Balaban J connectivity index is 1.35. The second-order valence-corrected chi connectivity index (χ2v) is 9.95. The lowest BCUT2D eigenvalue weighted by Crippen LogP contribution is -2.46. The van der Waals surface area contributed by atoms with Crippen molar-refractivity contribution >= 4 is 20.0 Å². The minimum atomic E-state index is -2.86. The van der Waals surface area contributed by atoms with Crippen molar-refractivity contribution in [3.63, 3.8) is 0 Å². The zero-order chi connectivity index (χ0) is 22.8. The van der Waals surface area contributed by atoms with E-state index in [4.69, 9.17) is 9.63 Å². The van der Waals surface area contributed by atoms with Gasteiger partial charge >= 0.3 is 8.25 Å². The highest BCUT2D eigenvalue weighted by atomic mass is 32.2. The molecule has 9 heteroatoms. The molecular weight excluding hydrogens is 455 g/mol. The third kappa shape index (κ3) is 7.65. The first-order valence-corrected chi connectivity index (χ1v) is 13.0. The molecule has 2 aromatic rings. The lowest BCUT2D eigenvalue weighted by Gasteiger charge is -2.42. The molecule has 0 aliphatic carbocycles. The van der Waals surface area contributed by atoms with Crippen LogP contribution in [0.5, 0.6) is 0 Å². The number of hydrogen-bond acceptors (Lipinski definition) is 5. The number of ether oxygens (including phenoxy) is 1. The molecule has 2 N–H and O–H groups in total. The monoisotopic (exact) mass is 485 g/mol. The van der Waals surface area contributed by atoms with Gasteiger partial charge in [0.2, 0.25) is 0 Å². The molecule has 0 bridgehead atoms. The number of hydrogen-bond donors (Lipinski definition) is 2. The molecule has 1 atom stereocenters. The predicted molar refractivity (Wildman–Crippen MR) is 123 cm³/mol. The summed E-state index contributed by atoms with van der Waals surface area (Å²) in [5.74, 6) is 0.395. The molecule has 1 heterocycles. The summed E-state index contributed by atoms with van der Waals surface area (Å²) in [6, 6.07) is 12.0. The number of thioether (sulfide) groups is 1. The van der Waals surface area contributed by atoms with Crippen LogP contribution in [0.2, 0.25) is 0 Å². The van der Waals surface area contributed by atoms with E-state index in [-0.39, 0.29) is 23.7 Å². The molecule has 0 saturated carbocycles. The normalized spacial score (nSPS) is 16.0. The Morgan fingerprint density at radius 2 is 1.91 bits per heavy atom. The van der Waals surface area contributed by atoms with Crippen LogP contribution < -0.4 is 5.32 Å². The molecule has 0 amide bonds. The van der Waals surface area contributed by atoms with Crippen LogP contribution in [0.4, 0.5) is 8.78 Å². The summed E-state index contributed by atoms with van der Waals surface area (Å²) < 4.78 is 48.1. The molecule has 1 unspecified atom stereocenters. The molecule has 5 nitrogen and oxygen atoms in total. The molecule has 1 fully saturated rings. The van der Waals surface area contributed by atoms with E-state index in [1.54, 1.807) is 6.07 Å². The summed E-state index contributed by atoms with van der Waals surface area (Å²) in [6.07, 6.45) is 3.57. The van der Waals surface area contributed by atoms with Crippen molar-refractivity contribution in [3.05, 3.63) is 65.2 Å². The summed E-state index contributed by atoms with van der Waals surface area (Å²) in [4.78, 5) is 9.23. The molecular formula is C23H30F2NO4PS. The Morgan fingerprint density at radius 3 is 2.56 bits per heavy atom. The summed E-state index contributed by atoms with van der Waals surface area (Å²) in [7, 11) is -2.86. The zero-order valence-electron chi connectivity index (χ0n) is 17.9. The fourth-order valence-corrected chi connectivity index (χ4v) is 4.96. The lowest BCUT2D eigenvalue weighted by atomic mass is 9.75. The summed E-state index contributed by atoms with van der Waals surface area (Å²) >= 11 is 1.52. The highest BCUT2D eigenvalue weighted by Gasteiger charge is 2.39. The van der Waals surface area contributed by atoms with E-state index in [1.165, 1.54) is 23.9 Å². The maximum atomic E-state index is 14.4. The van der Waals surface area contributed by atoms with Gasteiger partial charge in [-0.2, -0.15) is 0 Å². The molecule has 3 rings (SSSR count). The van der Waals surface area contributed by atoms with Crippen LogP contribution >= 0.6 is 20.0 Å². The van der Waals surface area contributed by atoms with Crippen molar-refractivity contribution in [3.8, 4) is 0 Å². The van der Waals surface area contributed by atoms with Crippen LogP contribution in [-0.2, 0) is 25.8 Å². The van der Waals surface area contributed by atoms with E-state index in [0.717, 1.165) is 36.1 Å². The largest absolute Gasteiger partial charge is 0.379 e. The summed E-state index contributed by atoms with van der Waals surface area (Å²) in [6.45, 7) is 2.72. The van der Waals surface area contributed by atoms with Crippen LogP contribution in [0, 0.1) is 11.6 Å². The van der Waals surface area contributed by atoms with Crippen LogP contribution in [0.3, 0.4) is 0 Å². The second kappa shape index (κ2) is 12.8. The van der Waals surface area contributed by atoms with Crippen molar-refractivity contribution < 1.29 is 27.5 Å². The Bertz CT molecular complexity index is 881. The molecule has 1 aliphatic heterocycles. The molecule has 0 aromatic heterocycles. The minimum Gasteiger partial charge on any atom is -0.379 e. The Morgan fingerprint density at radius 1 is 1.12 bits per heavy atom. The molecule has 2 aromatic carbocycles. The van der Waals surface area contributed by atoms with Gasteiger partial charge in [-0.15, -0.1) is 11.8 Å². The Kier molecular flexibility index (Phi) is 10.2. The first-order chi connectivity index (χ1) is 15.5. The SMILES string of the molecule is O=[PH](O)OCCCNCc1ccc(SCCCCC2(c3ccc(F)cc3)COC2)c(F)c1. The van der Waals surface area contributed by atoms with Crippen molar-refractivity contribution in [2.24, 2.45) is 0 Å². The van der Waals surface area contributed by atoms with Gasteiger partial charge in [-0.25, -0.2) is 8.78 Å². The van der Waals surface area contributed by atoms with Gasteiger partial charge in [-0.05, 0) is 67.0 Å². The van der Waals surface area contributed by atoms with Crippen LogP contribution in [0.1, 0.15) is 36.8 Å². The predicted octanol–water partition coefficient (Wildman–Crippen LogP) is 5.07. The molecule has 176 valence electrons. The van der Waals surface area contributed by atoms with Crippen molar-refractivity contribution in [2.75, 3.05) is 32.1 Å². The number of nitrogens with one attached hydrogen (secondary N) is 1. The highest BCUT2D eigenvalue weighted by Crippen LogP contribution is 2.37. The average molecular weight is 486 g/mol. The van der Waals surface area contributed by atoms with Crippen molar-refractivity contribution in [2.45, 2.75) is 42.5 Å². The van der Waals surface area contributed by atoms with Gasteiger partial charge in [0.25, 0.3) is 0 Å². The maximum absolute atomic E-state index is 14.4. The first kappa shape index (κ1) is 25.3. The first-order valence-electron chi connectivity index (χ1n) is 10.8. The molecule has 32 heavy (non-hydrogen) atoms. The van der Waals surface area contributed by atoms with E-state index < -0.39 is 8.25 Å². The standard InChI is InChI=1S/C23H30F2NO4PS/c24-20-7-5-19(6-8-20)23(16-29-17-23)10-1-2-13-32-22-9-4-18(14-21(22)25)15-26-11-3-12-30-31(27)28/h4-9,14,26,31H,1-3,10-13,15-17H2,(H,27,28). The lowest BCUT2D eigenvalue weighted by molar-refractivity contribution is -0.0652. The molecule has 0 radical (unpaired) electrons. The molecule has 1 saturated heterocycles. The van der Waals surface area contributed by atoms with Crippen molar-refractivity contribution in [1.82, 2.24) is 5.32 Å². The van der Waals surface area contributed by atoms with Gasteiger partial charge in [0.05, 0.1) is 19.8 Å². The third-order valence-corrected chi connectivity index (χ3v) is 7.16. The Labute approximate surface area is 192 Å². The van der Waals surface area contributed by atoms with Gasteiger partial charge in [-0.3, -0.25) is 4.57 Å². The third-order valence-electron chi connectivity index (χ3n) is 5.57. The maximum Gasteiger partial charge on any atom is 0.316 e. The van der Waals surface area contributed by atoms with Crippen LogP contribution in [-0.4, -0.2) is 37.0 Å². The fraction of sp³-hybridized carbons (Fsp3) is 0.478. The van der Waals surface area contributed by atoms with Gasteiger partial charge in [0.15, 0.2) is 0 Å². The molecule has 0 spiro atoms. The number of unbranched alkanes of at least 4 members (excludes halogenated alkanes) is 1. The number of halogens is 2. The van der Waals surface area contributed by atoms with E-state index in [9.17, 15) is 13.3 Å². The zero-order valence-corrected chi connectivity index (χ0v) is 19.8. The van der Waals surface area contributed by atoms with Crippen LogP contribution in [0.25, 0.3) is 0 Å². The smallest absolute Gasteiger partial charge is 0.316 e. The highest BCUT2D eigenvalue weighted by molar-refractivity contribution is 7.99. The summed E-state index contributed by atoms with van der Waals surface area (Å²) in [5.41, 5.74) is 1.97. The van der Waals surface area contributed by atoms with Gasteiger partial charge < -0.3 is 19.5 Å². The van der Waals surface area contributed by atoms with Crippen molar-refractivity contribution in [1.29, 1.82) is 0 Å². The molecule has 1 aliphatic rings. The van der Waals surface area contributed by atoms with E-state index >= 15 is 0 Å². The van der Waals surface area contributed by atoms with Gasteiger partial charge in [-0.1, -0.05) is 24.6 Å². The van der Waals surface area contributed by atoms with Gasteiger partial charge in [0.1, 0.15) is 11.6 Å². The van der Waals surface area contributed by atoms with E-state index in [0.29, 0.717) is 37.6 Å². The van der Waals surface area contributed by atoms with E-state index in [2.05, 4.69) is 9.84 Å². The van der Waals surface area contributed by atoms with Gasteiger partial charge in [0, 0.05) is 16.9 Å².